The van der Waals surface area contributed by atoms with Gasteiger partial charge >= 0.3 is 0 Å². The van der Waals surface area contributed by atoms with Gasteiger partial charge in [0.25, 0.3) is 0 Å². The van der Waals surface area contributed by atoms with Gasteiger partial charge in [-0.2, -0.15) is 0 Å². The smallest absolute Gasteiger partial charge is 0.107 e. The van der Waals surface area contributed by atoms with E-state index in [1.165, 1.54) is 12.0 Å². The molecule has 3 N–H and O–H groups in total. The standard InChI is InChI=1S/C16H25N3O/c1-12-4-9-18-15(10-12)16(20)6-2-13(3-7-16)19-14-5-8-17-11-14/h4,9-10,13-14,17,19-20H,2-3,5-8,11H2,1H3/t13?,14-,16?/m0/s1. The Labute approximate surface area is 121 Å². The number of hydrogen-bond donors (Lipinski definition) is 3. The van der Waals surface area contributed by atoms with Gasteiger partial charge in [-0.3, -0.25) is 4.98 Å². The molecule has 0 unspecified atom stereocenters. The van der Waals surface area contributed by atoms with Crippen molar-refractivity contribution in [1.82, 2.24) is 15.6 Å². The van der Waals surface area contributed by atoms with Gasteiger partial charge in [0, 0.05) is 24.8 Å². The molecule has 0 aromatic carbocycles. The van der Waals surface area contributed by atoms with E-state index in [2.05, 4.69) is 22.5 Å². The number of pyridine rings is 1. The zero-order chi connectivity index (χ0) is 14.0. The number of aliphatic hydroxyl groups is 1. The van der Waals surface area contributed by atoms with Crippen LogP contribution in [-0.2, 0) is 5.60 Å². The van der Waals surface area contributed by atoms with Crippen molar-refractivity contribution in [2.45, 2.75) is 56.7 Å². The van der Waals surface area contributed by atoms with Crippen LogP contribution in [0.2, 0.25) is 0 Å². The Morgan fingerprint density at radius 3 is 2.75 bits per heavy atom. The summed E-state index contributed by atoms with van der Waals surface area (Å²) in [5, 5.41) is 18.0. The molecule has 1 atom stereocenters. The fraction of sp³-hybridized carbons (Fsp3) is 0.688. The lowest BCUT2D eigenvalue weighted by Gasteiger charge is -2.37. The van der Waals surface area contributed by atoms with Crippen LogP contribution in [0.25, 0.3) is 0 Å². The zero-order valence-electron chi connectivity index (χ0n) is 12.2. The van der Waals surface area contributed by atoms with E-state index in [4.69, 9.17) is 0 Å². The normalized spacial score (nSPS) is 34.3. The first-order valence-electron chi connectivity index (χ1n) is 7.78. The van der Waals surface area contributed by atoms with Crippen LogP contribution in [0.4, 0.5) is 0 Å². The number of aromatic nitrogens is 1. The molecule has 1 saturated heterocycles. The van der Waals surface area contributed by atoms with Gasteiger partial charge in [-0.15, -0.1) is 0 Å². The van der Waals surface area contributed by atoms with Crippen molar-refractivity contribution in [3.63, 3.8) is 0 Å². The summed E-state index contributed by atoms with van der Waals surface area (Å²) in [6.45, 7) is 4.26. The molecule has 110 valence electrons. The highest BCUT2D eigenvalue weighted by atomic mass is 16.3. The van der Waals surface area contributed by atoms with Crippen LogP contribution in [0.1, 0.15) is 43.4 Å². The van der Waals surface area contributed by atoms with Crippen LogP contribution in [0.15, 0.2) is 18.3 Å². The van der Waals surface area contributed by atoms with Crippen LogP contribution >= 0.6 is 0 Å². The minimum atomic E-state index is -0.724. The second-order valence-electron chi connectivity index (χ2n) is 6.38. The molecule has 1 aromatic rings. The van der Waals surface area contributed by atoms with Crippen molar-refractivity contribution >= 4 is 0 Å². The van der Waals surface area contributed by atoms with Gasteiger partial charge in [-0.05, 0) is 63.3 Å². The number of nitrogens with zero attached hydrogens (tertiary/aromatic N) is 1. The lowest BCUT2D eigenvalue weighted by molar-refractivity contribution is -0.0130. The Morgan fingerprint density at radius 1 is 1.30 bits per heavy atom. The lowest BCUT2D eigenvalue weighted by Crippen LogP contribution is -2.45. The van der Waals surface area contributed by atoms with Gasteiger partial charge in [0.2, 0.25) is 0 Å². The summed E-state index contributed by atoms with van der Waals surface area (Å²) in [5.74, 6) is 0. The monoisotopic (exact) mass is 275 g/mol. The second kappa shape index (κ2) is 5.80. The molecule has 0 bridgehead atoms. The summed E-state index contributed by atoms with van der Waals surface area (Å²) in [6.07, 6.45) is 6.70. The average Bonchev–Trinajstić information content (AvgIpc) is 2.95. The Balaban J connectivity index is 1.59. The largest absolute Gasteiger partial charge is 0.384 e. The summed E-state index contributed by atoms with van der Waals surface area (Å²) in [4.78, 5) is 4.38. The Morgan fingerprint density at radius 2 is 2.10 bits per heavy atom. The van der Waals surface area contributed by atoms with E-state index in [0.717, 1.165) is 44.5 Å². The minimum Gasteiger partial charge on any atom is -0.384 e. The summed E-state index contributed by atoms with van der Waals surface area (Å²) < 4.78 is 0. The Kier molecular flexibility index (Phi) is 4.06. The Hall–Kier alpha value is -0.970. The summed E-state index contributed by atoms with van der Waals surface area (Å²) in [6, 6.07) is 5.16. The maximum absolute atomic E-state index is 10.8. The van der Waals surface area contributed by atoms with Crippen LogP contribution in [-0.4, -0.2) is 35.3 Å². The van der Waals surface area contributed by atoms with E-state index >= 15 is 0 Å². The number of hydrogen-bond acceptors (Lipinski definition) is 4. The third-order valence-corrected chi connectivity index (χ3v) is 4.74. The van der Waals surface area contributed by atoms with Gasteiger partial charge in [-0.1, -0.05) is 0 Å². The molecular weight excluding hydrogens is 250 g/mol. The second-order valence-corrected chi connectivity index (χ2v) is 6.38. The van der Waals surface area contributed by atoms with Gasteiger partial charge < -0.3 is 15.7 Å². The van der Waals surface area contributed by atoms with E-state index in [-0.39, 0.29) is 0 Å². The molecular formula is C16H25N3O. The maximum atomic E-state index is 10.8. The third-order valence-electron chi connectivity index (χ3n) is 4.74. The summed E-state index contributed by atoms with van der Waals surface area (Å²) in [5.41, 5.74) is 1.29. The molecule has 1 saturated carbocycles. The van der Waals surface area contributed by atoms with Crippen molar-refractivity contribution in [2.75, 3.05) is 13.1 Å². The molecule has 3 rings (SSSR count). The fourth-order valence-corrected chi connectivity index (χ4v) is 3.44. The van der Waals surface area contributed by atoms with E-state index in [1.807, 2.05) is 12.1 Å². The van der Waals surface area contributed by atoms with Crippen LogP contribution in [0, 0.1) is 6.92 Å². The lowest BCUT2D eigenvalue weighted by atomic mass is 9.79. The topological polar surface area (TPSA) is 57.2 Å². The molecule has 2 fully saturated rings. The molecule has 1 aromatic heterocycles. The first-order chi connectivity index (χ1) is 9.66. The minimum absolute atomic E-state index is 0.546. The highest BCUT2D eigenvalue weighted by Crippen LogP contribution is 2.36. The molecule has 0 amide bonds. The quantitative estimate of drug-likeness (QED) is 0.782. The highest BCUT2D eigenvalue weighted by molar-refractivity contribution is 5.20. The van der Waals surface area contributed by atoms with Crippen molar-refractivity contribution in [2.24, 2.45) is 0 Å². The average molecular weight is 275 g/mol. The molecule has 2 heterocycles. The van der Waals surface area contributed by atoms with Gasteiger partial charge in [-0.25, -0.2) is 0 Å². The molecule has 1 aliphatic heterocycles. The van der Waals surface area contributed by atoms with E-state index in [1.54, 1.807) is 6.20 Å². The maximum Gasteiger partial charge on any atom is 0.107 e. The van der Waals surface area contributed by atoms with Crippen molar-refractivity contribution in [3.05, 3.63) is 29.6 Å². The molecule has 2 aliphatic rings. The third kappa shape index (κ3) is 3.03. The number of rotatable bonds is 3. The number of aryl methyl sites for hydroxylation is 1. The molecule has 0 spiro atoms. The molecule has 0 radical (unpaired) electrons. The first kappa shape index (κ1) is 14.0. The predicted octanol–water partition coefficient (Wildman–Crippen LogP) is 1.47. The van der Waals surface area contributed by atoms with Gasteiger partial charge in [0.1, 0.15) is 5.60 Å². The van der Waals surface area contributed by atoms with Gasteiger partial charge in [0.05, 0.1) is 5.69 Å². The molecule has 4 nitrogen and oxygen atoms in total. The zero-order valence-corrected chi connectivity index (χ0v) is 12.2. The Bertz CT molecular complexity index is 449. The van der Waals surface area contributed by atoms with Gasteiger partial charge in [0.15, 0.2) is 0 Å². The van der Waals surface area contributed by atoms with Crippen LogP contribution < -0.4 is 10.6 Å². The van der Waals surface area contributed by atoms with Crippen molar-refractivity contribution in [3.8, 4) is 0 Å². The first-order valence-corrected chi connectivity index (χ1v) is 7.78. The summed E-state index contributed by atoms with van der Waals surface area (Å²) in [7, 11) is 0. The van der Waals surface area contributed by atoms with E-state index in [9.17, 15) is 5.11 Å². The van der Waals surface area contributed by atoms with Crippen molar-refractivity contribution in [1.29, 1.82) is 0 Å². The highest BCUT2D eigenvalue weighted by Gasteiger charge is 2.36. The van der Waals surface area contributed by atoms with Crippen molar-refractivity contribution < 1.29 is 5.11 Å². The number of nitrogens with one attached hydrogen (secondary N) is 2. The molecule has 4 heteroatoms. The SMILES string of the molecule is Cc1ccnc(C2(O)CCC(N[C@H]3CCNC3)CC2)c1. The van der Waals surface area contributed by atoms with Crippen LogP contribution in [0.5, 0.6) is 0 Å². The molecule has 20 heavy (non-hydrogen) atoms. The van der Waals surface area contributed by atoms with E-state index < -0.39 is 5.60 Å². The van der Waals surface area contributed by atoms with Crippen LogP contribution in [0.3, 0.4) is 0 Å². The predicted molar refractivity (Wildman–Crippen MR) is 79.5 cm³/mol. The van der Waals surface area contributed by atoms with E-state index in [0.29, 0.717) is 12.1 Å². The summed E-state index contributed by atoms with van der Waals surface area (Å²) >= 11 is 0. The fourth-order valence-electron chi connectivity index (χ4n) is 3.44. The molecule has 1 aliphatic carbocycles.